The largest absolute Gasteiger partial charge is 0.331 e. The van der Waals surface area contributed by atoms with Crippen molar-refractivity contribution in [3.63, 3.8) is 0 Å². The molecule has 1 aromatic heterocycles. The number of pyridine rings is 1. The van der Waals surface area contributed by atoms with E-state index in [4.69, 9.17) is 0 Å². The highest BCUT2D eigenvalue weighted by atomic mass is 16.2. The standard InChI is InChI=1S/C26H26N2O/c1-2-20-13-12-18(16-27-20)14-19-15-24-25(23-11-7-6-10-22(19)23)17-28(26(24)29)21-8-4-3-5-9-21/h2,6-7,10-13,15-16,21H,1,3-5,8-9,14,17H2. The van der Waals surface area contributed by atoms with Crippen LogP contribution in [0.1, 0.15) is 64.8 Å². The van der Waals surface area contributed by atoms with Gasteiger partial charge in [0.25, 0.3) is 5.91 Å². The summed E-state index contributed by atoms with van der Waals surface area (Å²) < 4.78 is 0. The van der Waals surface area contributed by atoms with E-state index in [1.807, 2.05) is 12.3 Å². The lowest BCUT2D eigenvalue weighted by molar-refractivity contribution is 0.0660. The van der Waals surface area contributed by atoms with Gasteiger partial charge in [0, 0.05) is 24.3 Å². The van der Waals surface area contributed by atoms with Gasteiger partial charge in [-0.05, 0) is 64.9 Å². The predicted octanol–water partition coefficient (Wildman–Crippen LogP) is 5.76. The molecule has 0 saturated heterocycles. The molecule has 146 valence electrons. The molecule has 3 nitrogen and oxygen atoms in total. The van der Waals surface area contributed by atoms with Crippen LogP contribution in [0.25, 0.3) is 16.8 Å². The van der Waals surface area contributed by atoms with Gasteiger partial charge in [-0.2, -0.15) is 0 Å². The van der Waals surface area contributed by atoms with Crippen molar-refractivity contribution in [2.75, 3.05) is 0 Å². The smallest absolute Gasteiger partial charge is 0.254 e. The van der Waals surface area contributed by atoms with Crippen molar-refractivity contribution in [1.82, 2.24) is 9.88 Å². The Hall–Kier alpha value is -2.94. The van der Waals surface area contributed by atoms with Crippen LogP contribution < -0.4 is 0 Å². The van der Waals surface area contributed by atoms with E-state index < -0.39 is 0 Å². The summed E-state index contributed by atoms with van der Waals surface area (Å²) in [7, 11) is 0. The Morgan fingerprint density at radius 1 is 1.07 bits per heavy atom. The van der Waals surface area contributed by atoms with E-state index >= 15 is 0 Å². The SMILES string of the molecule is C=Cc1ccc(Cc2cc3c(c4ccccc24)CN(C2CCCCC2)C3=O)cn1. The third-order valence-corrected chi connectivity index (χ3v) is 6.53. The Balaban J connectivity index is 1.55. The van der Waals surface area contributed by atoms with Crippen LogP contribution >= 0.6 is 0 Å². The number of carbonyl (C=O) groups is 1. The monoisotopic (exact) mass is 382 g/mol. The summed E-state index contributed by atoms with van der Waals surface area (Å²) in [6.45, 7) is 4.53. The van der Waals surface area contributed by atoms with Crippen molar-refractivity contribution in [1.29, 1.82) is 0 Å². The van der Waals surface area contributed by atoms with Gasteiger partial charge in [-0.15, -0.1) is 0 Å². The van der Waals surface area contributed by atoms with Crippen LogP contribution in [0.2, 0.25) is 0 Å². The first-order valence-electron chi connectivity index (χ1n) is 10.7. The van der Waals surface area contributed by atoms with Crippen molar-refractivity contribution in [2.24, 2.45) is 0 Å². The van der Waals surface area contributed by atoms with Crippen molar-refractivity contribution in [3.05, 3.63) is 83.2 Å². The zero-order valence-corrected chi connectivity index (χ0v) is 16.7. The molecule has 3 heteroatoms. The molecule has 1 amide bonds. The molecule has 1 fully saturated rings. The van der Waals surface area contributed by atoms with Crippen molar-refractivity contribution >= 4 is 22.8 Å². The molecule has 2 aliphatic rings. The van der Waals surface area contributed by atoms with Gasteiger partial charge in [0.2, 0.25) is 0 Å². The molecular formula is C26H26N2O. The molecule has 1 aliphatic carbocycles. The second-order valence-corrected chi connectivity index (χ2v) is 8.30. The number of aromatic nitrogens is 1. The van der Waals surface area contributed by atoms with E-state index in [0.717, 1.165) is 42.6 Å². The van der Waals surface area contributed by atoms with Crippen LogP contribution in [0.15, 0.2) is 55.2 Å². The molecule has 29 heavy (non-hydrogen) atoms. The first-order valence-corrected chi connectivity index (χ1v) is 10.7. The molecule has 1 aliphatic heterocycles. The average molecular weight is 383 g/mol. The summed E-state index contributed by atoms with van der Waals surface area (Å²) in [4.78, 5) is 19.9. The van der Waals surface area contributed by atoms with Crippen molar-refractivity contribution in [2.45, 2.75) is 51.1 Å². The van der Waals surface area contributed by atoms with Gasteiger partial charge in [0.15, 0.2) is 0 Å². The molecule has 0 N–H and O–H groups in total. The van der Waals surface area contributed by atoms with Crippen LogP contribution in [-0.2, 0) is 13.0 Å². The normalized spacial score (nSPS) is 17.0. The number of benzene rings is 2. The first-order chi connectivity index (χ1) is 14.2. The van der Waals surface area contributed by atoms with E-state index in [9.17, 15) is 4.79 Å². The molecule has 3 aromatic rings. The second kappa shape index (κ2) is 7.47. The lowest BCUT2D eigenvalue weighted by Gasteiger charge is -2.30. The summed E-state index contributed by atoms with van der Waals surface area (Å²) >= 11 is 0. The van der Waals surface area contributed by atoms with E-state index in [0.29, 0.717) is 6.04 Å². The topological polar surface area (TPSA) is 33.2 Å². The summed E-state index contributed by atoms with van der Waals surface area (Å²) in [5, 5.41) is 2.47. The van der Waals surface area contributed by atoms with Gasteiger partial charge < -0.3 is 4.90 Å². The first kappa shape index (κ1) is 18.1. The number of carbonyl (C=O) groups excluding carboxylic acids is 1. The molecule has 5 rings (SSSR count). The van der Waals surface area contributed by atoms with Crippen LogP contribution in [0.5, 0.6) is 0 Å². The molecule has 2 aromatic carbocycles. The highest BCUT2D eigenvalue weighted by Gasteiger charge is 2.34. The van der Waals surface area contributed by atoms with E-state index in [1.54, 1.807) is 6.08 Å². The highest BCUT2D eigenvalue weighted by Crippen LogP contribution is 2.36. The van der Waals surface area contributed by atoms with Crippen LogP contribution in [0.4, 0.5) is 0 Å². The Kier molecular flexibility index (Phi) is 4.67. The lowest BCUT2D eigenvalue weighted by atomic mass is 9.93. The average Bonchev–Trinajstić information content (AvgIpc) is 3.12. The van der Waals surface area contributed by atoms with E-state index in [1.165, 1.54) is 41.2 Å². The van der Waals surface area contributed by atoms with Crippen LogP contribution in [0, 0.1) is 0 Å². The van der Waals surface area contributed by atoms with Crippen LogP contribution in [-0.4, -0.2) is 21.8 Å². The Morgan fingerprint density at radius 3 is 2.59 bits per heavy atom. The third kappa shape index (κ3) is 3.25. The number of hydrogen-bond donors (Lipinski definition) is 0. The zero-order chi connectivity index (χ0) is 19.8. The van der Waals surface area contributed by atoms with Gasteiger partial charge in [-0.1, -0.05) is 56.2 Å². The Labute approximate surface area is 172 Å². The van der Waals surface area contributed by atoms with Gasteiger partial charge >= 0.3 is 0 Å². The molecule has 0 spiro atoms. The lowest BCUT2D eigenvalue weighted by Crippen LogP contribution is -2.36. The minimum Gasteiger partial charge on any atom is -0.331 e. The second-order valence-electron chi connectivity index (χ2n) is 8.30. The fourth-order valence-electron chi connectivity index (χ4n) is 4.98. The molecular weight excluding hydrogens is 356 g/mol. The number of hydrogen-bond acceptors (Lipinski definition) is 2. The molecule has 0 atom stereocenters. The predicted molar refractivity (Wildman–Crippen MR) is 118 cm³/mol. The van der Waals surface area contributed by atoms with Gasteiger partial charge in [-0.25, -0.2) is 0 Å². The summed E-state index contributed by atoms with van der Waals surface area (Å²) in [6.07, 6.45) is 10.5. The van der Waals surface area contributed by atoms with Gasteiger partial charge in [-0.3, -0.25) is 9.78 Å². The Bertz CT molecular complexity index is 1080. The maximum absolute atomic E-state index is 13.3. The summed E-state index contributed by atoms with van der Waals surface area (Å²) in [5.74, 6) is 0.221. The molecule has 0 unspecified atom stereocenters. The van der Waals surface area contributed by atoms with Gasteiger partial charge in [0.1, 0.15) is 0 Å². The highest BCUT2D eigenvalue weighted by molar-refractivity contribution is 6.05. The fourth-order valence-corrected chi connectivity index (χ4v) is 4.98. The molecule has 0 bridgehead atoms. The summed E-state index contributed by atoms with van der Waals surface area (Å²) in [6, 6.07) is 15.2. The number of fused-ring (bicyclic) bond motifs is 3. The number of amides is 1. The minimum atomic E-state index is 0.221. The molecule has 1 saturated carbocycles. The maximum atomic E-state index is 13.3. The van der Waals surface area contributed by atoms with E-state index in [-0.39, 0.29) is 5.91 Å². The van der Waals surface area contributed by atoms with Crippen molar-refractivity contribution < 1.29 is 4.79 Å². The minimum absolute atomic E-state index is 0.221. The van der Waals surface area contributed by atoms with E-state index in [2.05, 4.69) is 52.9 Å². The summed E-state index contributed by atoms with van der Waals surface area (Å²) in [5.41, 5.74) is 5.34. The third-order valence-electron chi connectivity index (χ3n) is 6.53. The fraction of sp³-hybridized carbons (Fsp3) is 0.308. The quantitative estimate of drug-likeness (QED) is 0.575. The Morgan fingerprint density at radius 2 is 1.86 bits per heavy atom. The zero-order valence-electron chi connectivity index (χ0n) is 16.7. The number of nitrogens with zero attached hydrogens (tertiary/aromatic N) is 2. The van der Waals surface area contributed by atoms with Crippen LogP contribution in [0.3, 0.4) is 0 Å². The number of rotatable bonds is 4. The van der Waals surface area contributed by atoms with Gasteiger partial charge in [0.05, 0.1) is 5.69 Å². The molecule has 2 heterocycles. The van der Waals surface area contributed by atoms with Crippen molar-refractivity contribution in [3.8, 4) is 0 Å². The maximum Gasteiger partial charge on any atom is 0.254 e. The molecule has 0 radical (unpaired) electrons.